The minimum absolute atomic E-state index is 0.162. The van der Waals surface area contributed by atoms with Crippen molar-refractivity contribution in [1.82, 2.24) is 4.90 Å². The van der Waals surface area contributed by atoms with E-state index in [-0.39, 0.29) is 5.60 Å². The Kier molecular flexibility index (Phi) is 3.13. The van der Waals surface area contributed by atoms with Crippen LogP contribution in [0.2, 0.25) is 0 Å². The predicted molar refractivity (Wildman–Crippen MR) is 58.5 cm³/mol. The Labute approximate surface area is 87.6 Å². The van der Waals surface area contributed by atoms with Crippen LogP contribution in [0.1, 0.15) is 45.4 Å². The van der Waals surface area contributed by atoms with Crippen molar-refractivity contribution in [3.05, 3.63) is 0 Å². The smallest absolute Gasteiger partial charge is 0.0675 e. The molecule has 82 valence electrons. The van der Waals surface area contributed by atoms with Crippen molar-refractivity contribution in [2.45, 2.75) is 57.1 Å². The lowest BCUT2D eigenvalue weighted by Gasteiger charge is -2.41. The van der Waals surface area contributed by atoms with E-state index in [0.29, 0.717) is 0 Å². The maximum atomic E-state index is 5.56. The van der Waals surface area contributed by atoms with Crippen molar-refractivity contribution in [1.29, 1.82) is 0 Å². The van der Waals surface area contributed by atoms with Gasteiger partial charge in [-0.2, -0.15) is 0 Å². The summed E-state index contributed by atoms with van der Waals surface area (Å²) >= 11 is 0. The van der Waals surface area contributed by atoms with Crippen LogP contribution in [0.15, 0.2) is 0 Å². The molecule has 1 saturated carbocycles. The maximum absolute atomic E-state index is 5.56. The zero-order chi connectivity index (χ0) is 10.0. The molecule has 1 heterocycles. The van der Waals surface area contributed by atoms with Crippen LogP contribution in [0.25, 0.3) is 0 Å². The summed E-state index contributed by atoms with van der Waals surface area (Å²) in [5.74, 6) is 0. The quantitative estimate of drug-likeness (QED) is 0.674. The SMILES string of the molecule is COC1(C)CCN(C2CCCC2)CC1. The van der Waals surface area contributed by atoms with Crippen molar-refractivity contribution in [3.8, 4) is 0 Å². The van der Waals surface area contributed by atoms with E-state index in [9.17, 15) is 0 Å². The molecule has 2 aliphatic rings. The Balaban J connectivity index is 1.83. The molecule has 1 aliphatic carbocycles. The molecular weight excluding hydrogens is 174 g/mol. The van der Waals surface area contributed by atoms with Crippen LogP contribution in [-0.2, 0) is 4.74 Å². The zero-order valence-corrected chi connectivity index (χ0v) is 9.59. The highest BCUT2D eigenvalue weighted by atomic mass is 16.5. The molecule has 14 heavy (non-hydrogen) atoms. The maximum Gasteiger partial charge on any atom is 0.0675 e. The van der Waals surface area contributed by atoms with E-state index in [1.807, 2.05) is 7.11 Å². The van der Waals surface area contributed by atoms with Crippen molar-refractivity contribution < 1.29 is 4.74 Å². The van der Waals surface area contributed by atoms with Crippen molar-refractivity contribution >= 4 is 0 Å². The topological polar surface area (TPSA) is 12.5 Å². The van der Waals surface area contributed by atoms with E-state index in [4.69, 9.17) is 4.74 Å². The molecular formula is C12H23NO. The van der Waals surface area contributed by atoms with E-state index in [1.165, 1.54) is 51.6 Å². The summed E-state index contributed by atoms with van der Waals surface area (Å²) in [5.41, 5.74) is 0.162. The highest BCUT2D eigenvalue weighted by molar-refractivity contribution is 4.87. The molecule has 1 saturated heterocycles. The summed E-state index contributed by atoms with van der Waals surface area (Å²) in [5, 5.41) is 0. The number of methoxy groups -OCH3 is 1. The summed E-state index contributed by atoms with van der Waals surface area (Å²) in [4.78, 5) is 2.69. The van der Waals surface area contributed by atoms with Gasteiger partial charge < -0.3 is 9.64 Å². The first-order valence-electron chi connectivity index (χ1n) is 6.03. The fourth-order valence-electron chi connectivity index (χ4n) is 2.84. The third-order valence-corrected chi connectivity index (χ3v) is 4.19. The van der Waals surface area contributed by atoms with Crippen LogP contribution in [0.4, 0.5) is 0 Å². The van der Waals surface area contributed by atoms with E-state index < -0.39 is 0 Å². The summed E-state index contributed by atoms with van der Waals surface area (Å²) in [6, 6.07) is 0.899. The molecule has 2 nitrogen and oxygen atoms in total. The number of rotatable bonds is 2. The number of hydrogen-bond acceptors (Lipinski definition) is 2. The molecule has 0 aromatic heterocycles. The number of hydrogen-bond donors (Lipinski definition) is 0. The molecule has 0 spiro atoms. The van der Waals surface area contributed by atoms with Gasteiger partial charge >= 0.3 is 0 Å². The predicted octanol–water partition coefficient (Wildman–Crippen LogP) is 2.43. The van der Waals surface area contributed by atoms with Crippen molar-refractivity contribution in [2.75, 3.05) is 20.2 Å². The second-order valence-corrected chi connectivity index (χ2v) is 5.13. The average Bonchev–Trinajstić information content (AvgIpc) is 2.72. The van der Waals surface area contributed by atoms with Crippen LogP contribution < -0.4 is 0 Å². The minimum atomic E-state index is 0.162. The van der Waals surface area contributed by atoms with E-state index >= 15 is 0 Å². The molecule has 1 aliphatic heterocycles. The van der Waals surface area contributed by atoms with Gasteiger partial charge in [0.2, 0.25) is 0 Å². The van der Waals surface area contributed by atoms with Crippen molar-refractivity contribution in [3.63, 3.8) is 0 Å². The Bertz CT molecular complexity index is 179. The minimum Gasteiger partial charge on any atom is -0.378 e. The lowest BCUT2D eigenvalue weighted by Crippen LogP contribution is -2.47. The molecule has 0 bridgehead atoms. The first-order valence-corrected chi connectivity index (χ1v) is 6.03. The monoisotopic (exact) mass is 197 g/mol. The summed E-state index contributed by atoms with van der Waals surface area (Å²) < 4.78 is 5.56. The van der Waals surface area contributed by atoms with Crippen LogP contribution in [0, 0.1) is 0 Å². The van der Waals surface area contributed by atoms with Gasteiger partial charge in [0, 0.05) is 26.2 Å². The third kappa shape index (κ3) is 2.12. The van der Waals surface area contributed by atoms with Gasteiger partial charge in [-0.1, -0.05) is 12.8 Å². The molecule has 0 N–H and O–H groups in total. The lowest BCUT2D eigenvalue weighted by molar-refractivity contribution is -0.0496. The van der Waals surface area contributed by atoms with Gasteiger partial charge in [-0.05, 0) is 32.6 Å². The highest BCUT2D eigenvalue weighted by Crippen LogP contribution is 2.30. The second kappa shape index (κ2) is 4.19. The normalized spacial score (nSPS) is 29.6. The Morgan fingerprint density at radius 2 is 1.71 bits per heavy atom. The molecule has 0 aromatic rings. The Hall–Kier alpha value is -0.0800. The molecule has 0 atom stereocenters. The fourth-order valence-corrected chi connectivity index (χ4v) is 2.84. The summed E-state index contributed by atoms with van der Waals surface area (Å²) in [7, 11) is 1.85. The lowest BCUT2D eigenvalue weighted by atomic mass is 9.92. The van der Waals surface area contributed by atoms with Crippen LogP contribution in [0.3, 0.4) is 0 Å². The van der Waals surface area contributed by atoms with Gasteiger partial charge in [0.25, 0.3) is 0 Å². The molecule has 0 radical (unpaired) electrons. The third-order valence-electron chi connectivity index (χ3n) is 4.19. The van der Waals surface area contributed by atoms with Crippen LogP contribution in [0.5, 0.6) is 0 Å². The largest absolute Gasteiger partial charge is 0.378 e. The molecule has 0 unspecified atom stereocenters. The van der Waals surface area contributed by atoms with Gasteiger partial charge in [-0.15, -0.1) is 0 Å². The molecule has 2 rings (SSSR count). The number of ether oxygens (including phenoxy) is 1. The van der Waals surface area contributed by atoms with E-state index in [0.717, 1.165) is 6.04 Å². The van der Waals surface area contributed by atoms with Gasteiger partial charge in [0.15, 0.2) is 0 Å². The first kappa shape index (κ1) is 10.4. The zero-order valence-electron chi connectivity index (χ0n) is 9.59. The Morgan fingerprint density at radius 3 is 2.21 bits per heavy atom. The first-order chi connectivity index (χ1) is 6.73. The molecule has 2 fully saturated rings. The van der Waals surface area contributed by atoms with Crippen LogP contribution >= 0.6 is 0 Å². The summed E-state index contributed by atoms with van der Waals surface area (Å²) in [6.45, 7) is 4.74. The number of nitrogens with zero attached hydrogens (tertiary/aromatic N) is 1. The van der Waals surface area contributed by atoms with E-state index in [1.54, 1.807) is 0 Å². The average molecular weight is 197 g/mol. The molecule has 2 heteroatoms. The van der Waals surface area contributed by atoms with Gasteiger partial charge in [-0.25, -0.2) is 0 Å². The van der Waals surface area contributed by atoms with Crippen LogP contribution in [-0.4, -0.2) is 36.7 Å². The Morgan fingerprint density at radius 1 is 1.14 bits per heavy atom. The van der Waals surface area contributed by atoms with Gasteiger partial charge in [0.1, 0.15) is 0 Å². The highest BCUT2D eigenvalue weighted by Gasteiger charge is 2.33. The fraction of sp³-hybridized carbons (Fsp3) is 1.00. The van der Waals surface area contributed by atoms with Gasteiger partial charge in [-0.3, -0.25) is 0 Å². The number of piperidine rings is 1. The summed E-state index contributed by atoms with van der Waals surface area (Å²) in [6.07, 6.45) is 8.18. The molecule has 0 aromatic carbocycles. The van der Waals surface area contributed by atoms with Crippen molar-refractivity contribution in [2.24, 2.45) is 0 Å². The number of likely N-dealkylation sites (tertiary alicyclic amines) is 1. The second-order valence-electron chi connectivity index (χ2n) is 5.13. The van der Waals surface area contributed by atoms with E-state index in [2.05, 4.69) is 11.8 Å². The van der Waals surface area contributed by atoms with Gasteiger partial charge in [0.05, 0.1) is 5.60 Å². The molecule has 0 amide bonds. The standard InChI is InChI=1S/C12H23NO/c1-12(14-2)7-9-13(10-8-12)11-5-3-4-6-11/h11H,3-10H2,1-2H3.